The number of para-hydroxylation sites is 1. The smallest absolute Gasteiger partial charge is 0.237 e. The Labute approximate surface area is 184 Å². The Kier molecular flexibility index (Phi) is 7.48. The number of hydrogen-bond acceptors (Lipinski definition) is 5. The van der Waals surface area contributed by atoms with E-state index in [0.29, 0.717) is 28.2 Å². The van der Waals surface area contributed by atoms with Crippen LogP contribution in [0.5, 0.6) is 0 Å². The summed E-state index contributed by atoms with van der Waals surface area (Å²) < 4.78 is 1.85. The van der Waals surface area contributed by atoms with Gasteiger partial charge < -0.3 is 15.2 Å². The number of amides is 2. The van der Waals surface area contributed by atoms with Gasteiger partial charge in [0, 0.05) is 22.9 Å². The van der Waals surface area contributed by atoms with Gasteiger partial charge in [0.2, 0.25) is 11.8 Å². The predicted molar refractivity (Wildman–Crippen MR) is 120 cm³/mol. The summed E-state index contributed by atoms with van der Waals surface area (Å²) in [4.78, 5) is 24.8. The number of carbonyl (C=O) groups excluding carboxylic acids is 2. The average Bonchev–Trinajstić information content (AvgIpc) is 3.11. The van der Waals surface area contributed by atoms with Gasteiger partial charge in [0.25, 0.3) is 0 Å². The molecule has 30 heavy (non-hydrogen) atoms. The minimum Gasteiger partial charge on any atom is -0.326 e. The van der Waals surface area contributed by atoms with Gasteiger partial charge in [-0.25, -0.2) is 0 Å². The molecule has 3 rings (SSSR count). The first-order valence-electron chi connectivity index (χ1n) is 9.46. The van der Waals surface area contributed by atoms with Crippen molar-refractivity contribution in [2.24, 2.45) is 0 Å². The van der Waals surface area contributed by atoms with E-state index in [1.807, 2.05) is 48.7 Å². The maximum absolute atomic E-state index is 12.5. The molecule has 3 aromatic rings. The highest BCUT2D eigenvalue weighted by Gasteiger charge is 2.21. The summed E-state index contributed by atoms with van der Waals surface area (Å²) in [6.07, 6.45) is 0.0780. The van der Waals surface area contributed by atoms with Crippen LogP contribution in [-0.2, 0) is 22.6 Å². The number of rotatable bonds is 8. The number of carbonyl (C=O) groups is 2. The van der Waals surface area contributed by atoms with Gasteiger partial charge in [-0.2, -0.15) is 0 Å². The molecule has 7 nitrogen and oxygen atoms in total. The standard InChI is InChI=1S/C21H22ClN5O2S/c1-3-27-18(13-19(28)23-17-11-9-15(22)10-12-17)25-26-21(27)30-14(2)20(29)24-16-7-5-4-6-8-16/h4-12,14H,3,13H2,1-2H3,(H,23,28)(H,24,29). The molecule has 0 radical (unpaired) electrons. The molecule has 0 saturated heterocycles. The van der Waals surface area contributed by atoms with Crippen LogP contribution >= 0.6 is 23.4 Å². The molecule has 0 fully saturated rings. The Bertz CT molecular complexity index is 1010. The maximum atomic E-state index is 12.5. The van der Waals surface area contributed by atoms with Crippen molar-refractivity contribution < 1.29 is 9.59 Å². The SMILES string of the molecule is CCn1c(CC(=O)Nc2ccc(Cl)cc2)nnc1SC(C)C(=O)Nc1ccccc1. The van der Waals surface area contributed by atoms with Crippen molar-refractivity contribution in [3.05, 3.63) is 65.4 Å². The second-order valence-electron chi connectivity index (χ2n) is 6.49. The molecule has 1 atom stereocenters. The Morgan fingerprint density at radius 3 is 2.37 bits per heavy atom. The fraction of sp³-hybridized carbons (Fsp3) is 0.238. The van der Waals surface area contributed by atoms with Crippen LogP contribution in [0.25, 0.3) is 0 Å². The number of nitrogens with one attached hydrogen (secondary N) is 2. The second-order valence-corrected chi connectivity index (χ2v) is 8.23. The lowest BCUT2D eigenvalue weighted by molar-refractivity contribution is -0.116. The lowest BCUT2D eigenvalue weighted by Gasteiger charge is -2.13. The first-order valence-corrected chi connectivity index (χ1v) is 10.7. The summed E-state index contributed by atoms with van der Waals surface area (Å²) in [6, 6.07) is 16.2. The highest BCUT2D eigenvalue weighted by molar-refractivity contribution is 8.00. The fourth-order valence-electron chi connectivity index (χ4n) is 2.71. The van der Waals surface area contributed by atoms with Crippen LogP contribution in [0.15, 0.2) is 59.8 Å². The van der Waals surface area contributed by atoms with E-state index in [9.17, 15) is 9.59 Å². The summed E-state index contributed by atoms with van der Waals surface area (Å²) in [6.45, 7) is 4.35. The molecule has 2 N–H and O–H groups in total. The van der Waals surface area contributed by atoms with Crippen molar-refractivity contribution in [2.45, 2.75) is 37.2 Å². The molecule has 156 valence electrons. The third-order valence-electron chi connectivity index (χ3n) is 4.25. The van der Waals surface area contributed by atoms with Crippen LogP contribution in [0.3, 0.4) is 0 Å². The molecule has 9 heteroatoms. The van der Waals surface area contributed by atoms with E-state index < -0.39 is 0 Å². The lowest BCUT2D eigenvalue weighted by atomic mass is 10.3. The normalized spacial score (nSPS) is 11.7. The molecule has 0 saturated carbocycles. The van der Waals surface area contributed by atoms with E-state index in [2.05, 4.69) is 20.8 Å². The fourth-order valence-corrected chi connectivity index (χ4v) is 3.77. The number of halogens is 1. The van der Waals surface area contributed by atoms with Gasteiger partial charge in [0.1, 0.15) is 5.82 Å². The molecular weight excluding hydrogens is 422 g/mol. The van der Waals surface area contributed by atoms with E-state index in [0.717, 1.165) is 5.69 Å². The van der Waals surface area contributed by atoms with Crippen LogP contribution in [-0.4, -0.2) is 31.8 Å². The molecule has 1 unspecified atom stereocenters. The number of anilines is 2. The number of hydrogen-bond donors (Lipinski definition) is 2. The van der Waals surface area contributed by atoms with E-state index in [-0.39, 0.29) is 23.5 Å². The summed E-state index contributed by atoms with van der Waals surface area (Å²) in [7, 11) is 0. The van der Waals surface area contributed by atoms with Crippen molar-refractivity contribution >= 4 is 46.6 Å². The summed E-state index contributed by atoms with van der Waals surface area (Å²) >= 11 is 7.17. The largest absolute Gasteiger partial charge is 0.326 e. The molecule has 1 heterocycles. The van der Waals surface area contributed by atoms with Gasteiger partial charge in [-0.3, -0.25) is 9.59 Å². The molecular formula is C21H22ClN5O2S. The number of nitrogens with zero attached hydrogens (tertiary/aromatic N) is 3. The first-order chi connectivity index (χ1) is 14.5. The quantitative estimate of drug-likeness (QED) is 0.508. The molecule has 0 spiro atoms. The Morgan fingerprint density at radius 1 is 1.03 bits per heavy atom. The Morgan fingerprint density at radius 2 is 1.70 bits per heavy atom. The third-order valence-corrected chi connectivity index (χ3v) is 5.58. The number of aromatic nitrogens is 3. The zero-order valence-corrected chi connectivity index (χ0v) is 18.2. The summed E-state index contributed by atoms with van der Waals surface area (Å²) in [5.41, 5.74) is 1.40. The minimum absolute atomic E-state index is 0.0780. The molecule has 0 aliphatic heterocycles. The van der Waals surface area contributed by atoms with Crippen molar-refractivity contribution in [2.75, 3.05) is 10.6 Å². The second kappa shape index (κ2) is 10.3. The van der Waals surface area contributed by atoms with Gasteiger partial charge in [0.05, 0.1) is 11.7 Å². The minimum atomic E-state index is -0.379. The van der Waals surface area contributed by atoms with Gasteiger partial charge in [0.15, 0.2) is 5.16 Å². The molecule has 1 aromatic heterocycles. The van der Waals surface area contributed by atoms with Gasteiger partial charge in [-0.05, 0) is 50.2 Å². The van der Waals surface area contributed by atoms with Gasteiger partial charge in [-0.15, -0.1) is 10.2 Å². The maximum Gasteiger partial charge on any atom is 0.237 e. The summed E-state index contributed by atoms with van der Waals surface area (Å²) in [5, 5.41) is 14.9. The van der Waals surface area contributed by atoms with Crippen molar-refractivity contribution in [3.63, 3.8) is 0 Å². The topological polar surface area (TPSA) is 88.9 Å². The van der Waals surface area contributed by atoms with E-state index in [4.69, 9.17) is 11.6 Å². The van der Waals surface area contributed by atoms with E-state index >= 15 is 0 Å². The van der Waals surface area contributed by atoms with E-state index in [1.165, 1.54) is 11.8 Å². The van der Waals surface area contributed by atoms with Gasteiger partial charge >= 0.3 is 0 Å². The molecule has 0 bridgehead atoms. The highest BCUT2D eigenvalue weighted by atomic mass is 35.5. The Hall–Kier alpha value is -2.84. The molecule has 2 amide bonds. The molecule has 0 aliphatic carbocycles. The van der Waals surface area contributed by atoms with Crippen molar-refractivity contribution in [3.8, 4) is 0 Å². The zero-order valence-electron chi connectivity index (χ0n) is 16.6. The molecule has 0 aliphatic rings. The number of thioether (sulfide) groups is 1. The third kappa shape index (κ3) is 5.84. The summed E-state index contributed by atoms with van der Waals surface area (Å²) in [5.74, 6) is 0.215. The lowest BCUT2D eigenvalue weighted by Crippen LogP contribution is -2.23. The first kappa shape index (κ1) is 21.9. The van der Waals surface area contributed by atoms with Crippen LogP contribution in [0.2, 0.25) is 5.02 Å². The average molecular weight is 444 g/mol. The molecule has 2 aromatic carbocycles. The highest BCUT2D eigenvalue weighted by Crippen LogP contribution is 2.24. The monoisotopic (exact) mass is 443 g/mol. The van der Waals surface area contributed by atoms with E-state index in [1.54, 1.807) is 24.3 Å². The zero-order chi connectivity index (χ0) is 21.5. The van der Waals surface area contributed by atoms with Crippen LogP contribution in [0, 0.1) is 0 Å². The van der Waals surface area contributed by atoms with Crippen LogP contribution < -0.4 is 10.6 Å². The predicted octanol–water partition coefficient (Wildman–Crippen LogP) is 4.25. The van der Waals surface area contributed by atoms with Crippen molar-refractivity contribution in [1.29, 1.82) is 0 Å². The Balaban J connectivity index is 1.62. The van der Waals surface area contributed by atoms with Crippen LogP contribution in [0.1, 0.15) is 19.7 Å². The van der Waals surface area contributed by atoms with Gasteiger partial charge in [-0.1, -0.05) is 41.6 Å². The van der Waals surface area contributed by atoms with Crippen LogP contribution in [0.4, 0.5) is 11.4 Å². The van der Waals surface area contributed by atoms with Crippen molar-refractivity contribution in [1.82, 2.24) is 14.8 Å². The number of benzene rings is 2.